The molecule has 2 heterocycles. The van der Waals surface area contributed by atoms with E-state index in [0.29, 0.717) is 5.82 Å². The third-order valence-corrected chi connectivity index (χ3v) is 3.78. The minimum absolute atomic E-state index is 0.709. The fourth-order valence-electron chi connectivity index (χ4n) is 2.84. The van der Waals surface area contributed by atoms with Crippen LogP contribution in [0.2, 0.25) is 0 Å². The van der Waals surface area contributed by atoms with Crippen LogP contribution in [0.25, 0.3) is 0 Å². The van der Waals surface area contributed by atoms with E-state index in [-0.39, 0.29) is 0 Å². The lowest BCUT2D eigenvalue weighted by Crippen LogP contribution is -2.27. The van der Waals surface area contributed by atoms with Crippen molar-refractivity contribution in [2.75, 3.05) is 16.9 Å². The Balaban J connectivity index is 2.11. The number of aromatic nitrogens is 2. The van der Waals surface area contributed by atoms with Crippen LogP contribution in [0, 0.1) is 0 Å². The van der Waals surface area contributed by atoms with Crippen LogP contribution in [0.1, 0.15) is 24.5 Å². The van der Waals surface area contributed by atoms with Crippen molar-refractivity contribution in [3.63, 3.8) is 0 Å². The van der Waals surface area contributed by atoms with Crippen LogP contribution < -0.4 is 16.2 Å². The van der Waals surface area contributed by atoms with E-state index in [2.05, 4.69) is 51.5 Å². The van der Waals surface area contributed by atoms with Gasteiger partial charge < -0.3 is 10.3 Å². The van der Waals surface area contributed by atoms with Crippen LogP contribution in [0.3, 0.4) is 0 Å². The van der Waals surface area contributed by atoms with E-state index in [9.17, 15) is 0 Å². The molecule has 0 bridgehead atoms. The summed E-state index contributed by atoms with van der Waals surface area (Å²) in [5, 5.41) is 0. The van der Waals surface area contributed by atoms with E-state index in [1.54, 1.807) is 6.33 Å². The Labute approximate surface area is 118 Å². The second kappa shape index (κ2) is 5.46. The van der Waals surface area contributed by atoms with Crippen molar-refractivity contribution in [3.8, 4) is 0 Å². The van der Waals surface area contributed by atoms with Crippen molar-refractivity contribution < 1.29 is 0 Å². The standard InChI is InChI=1S/C15H19N5/c1-2-12-14(19-16)17-10-18-15(12)20-9-5-7-11-6-3-4-8-13(11)20/h3-4,6,8,10H,2,5,7,9,16H2,1H3,(H,17,18,19). The van der Waals surface area contributed by atoms with Crippen molar-refractivity contribution in [3.05, 3.63) is 41.7 Å². The van der Waals surface area contributed by atoms with Gasteiger partial charge in [-0.15, -0.1) is 0 Å². The molecule has 0 radical (unpaired) electrons. The highest BCUT2D eigenvalue weighted by atomic mass is 15.3. The molecule has 5 heteroatoms. The van der Waals surface area contributed by atoms with E-state index in [4.69, 9.17) is 5.84 Å². The van der Waals surface area contributed by atoms with Crippen molar-refractivity contribution >= 4 is 17.3 Å². The van der Waals surface area contributed by atoms with Gasteiger partial charge in [0.2, 0.25) is 0 Å². The van der Waals surface area contributed by atoms with Gasteiger partial charge in [-0.1, -0.05) is 25.1 Å². The van der Waals surface area contributed by atoms with Crippen LogP contribution in [-0.4, -0.2) is 16.5 Å². The molecule has 0 aliphatic carbocycles. The van der Waals surface area contributed by atoms with Crippen molar-refractivity contribution in [1.82, 2.24) is 9.97 Å². The normalized spacial score (nSPS) is 14.0. The molecule has 3 N–H and O–H groups in total. The SMILES string of the molecule is CCc1c(NN)ncnc1N1CCCc2ccccc21. The predicted molar refractivity (Wildman–Crippen MR) is 81.0 cm³/mol. The summed E-state index contributed by atoms with van der Waals surface area (Å²) in [6.07, 6.45) is 4.67. The maximum atomic E-state index is 5.56. The molecular weight excluding hydrogens is 250 g/mol. The Bertz CT molecular complexity index is 611. The first-order chi connectivity index (χ1) is 9.85. The molecule has 0 amide bonds. The summed E-state index contributed by atoms with van der Waals surface area (Å²) in [6.45, 7) is 3.07. The van der Waals surface area contributed by atoms with Gasteiger partial charge in [-0.05, 0) is 30.9 Å². The van der Waals surface area contributed by atoms with Gasteiger partial charge in [0.15, 0.2) is 0 Å². The summed E-state index contributed by atoms with van der Waals surface area (Å²) in [4.78, 5) is 11.0. The molecule has 0 saturated heterocycles. The van der Waals surface area contributed by atoms with E-state index in [1.807, 2.05) is 0 Å². The molecule has 1 aliphatic heterocycles. The number of nitrogen functional groups attached to an aromatic ring is 1. The summed E-state index contributed by atoms with van der Waals surface area (Å²) in [5.74, 6) is 7.23. The molecule has 2 aromatic rings. The van der Waals surface area contributed by atoms with Gasteiger partial charge in [-0.3, -0.25) is 0 Å². The fraction of sp³-hybridized carbons (Fsp3) is 0.333. The lowest BCUT2D eigenvalue weighted by molar-refractivity contribution is 0.754. The average molecular weight is 269 g/mol. The minimum Gasteiger partial charge on any atom is -0.326 e. The summed E-state index contributed by atoms with van der Waals surface area (Å²) >= 11 is 0. The fourth-order valence-corrected chi connectivity index (χ4v) is 2.84. The highest BCUT2D eigenvalue weighted by Gasteiger charge is 2.22. The van der Waals surface area contributed by atoms with Crippen molar-refractivity contribution in [2.45, 2.75) is 26.2 Å². The van der Waals surface area contributed by atoms with Crippen LogP contribution in [0.15, 0.2) is 30.6 Å². The number of anilines is 3. The first kappa shape index (κ1) is 12.9. The summed E-state index contributed by atoms with van der Waals surface area (Å²) in [7, 11) is 0. The summed E-state index contributed by atoms with van der Waals surface area (Å²) in [6, 6.07) is 8.52. The number of aryl methyl sites for hydroxylation is 1. The van der Waals surface area contributed by atoms with E-state index in [1.165, 1.54) is 11.3 Å². The molecule has 5 nitrogen and oxygen atoms in total. The van der Waals surface area contributed by atoms with Crippen LogP contribution >= 0.6 is 0 Å². The largest absolute Gasteiger partial charge is 0.326 e. The number of hydrazine groups is 1. The second-order valence-corrected chi connectivity index (χ2v) is 4.91. The van der Waals surface area contributed by atoms with Crippen molar-refractivity contribution in [2.24, 2.45) is 5.84 Å². The molecule has 3 rings (SSSR count). The molecular formula is C15H19N5. The first-order valence-electron chi connectivity index (χ1n) is 7.01. The molecule has 1 aliphatic rings. The Kier molecular flexibility index (Phi) is 3.52. The predicted octanol–water partition coefficient (Wildman–Crippen LogP) is 2.41. The molecule has 0 atom stereocenters. The molecule has 0 spiro atoms. The maximum Gasteiger partial charge on any atom is 0.148 e. The first-order valence-corrected chi connectivity index (χ1v) is 7.01. The van der Waals surface area contributed by atoms with Crippen molar-refractivity contribution in [1.29, 1.82) is 0 Å². The zero-order valence-electron chi connectivity index (χ0n) is 11.6. The molecule has 104 valence electrons. The smallest absolute Gasteiger partial charge is 0.148 e. The quantitative estimate of drug-likeness (QED) is 0.661. The zero-order chi connectivity index (χ0) is 13.9. The van der Waals surface area contributed by atoms with Crippen LogP contribution in [0.4, 0.5) is 17.3 Å². The van der Waals surface area contributed by atoms with Gasteiger partial charge in [0.25, 0.3) is 0 Å². The van der Waals surface area contributed by atoms with Gasteiger partial charge in [0.05, 0.1) is 0 Å². The number of nitrogens with one attached hydrogen (secondary N) is 1. The Hall–Kier alpha value is -2.14. The number of nitrogens with two attached hydrogens (primary N) is 1. The molecule has 1 aromatic carbocycles. The molecule has 0 saturated carbocycles. The van der Waals surface area contributed by atoms with Gasteiger partial charge in [-0.2, -0.15) is 0 Å². The van der Waals surface area contributed by atoms with E-state index >= 15 is 0 Å². The molecule has 0 unspecified atom stereocenters. The van der Waals surface area contributed by atoms with Gasteiger partial charge in [0.1, 0.15) is 18.0 Å². The summed E-state index contributed by atoms with van der Waals surface area (Å²) in [5.41, 5.74) is 6.36. The van der Waals surface area contributed by atoms with Crippen LogP contribution in [0.5, 0.6) is 0 Å². The van der Waals surface area contributed by atoms with E-state index < -0.39 is 0 Å². The number of rotatable bonds is 3. The Morgan fingerprint density at radius 1 is 1.30 bits per heavy atom. The van der Waals surface area contributed by atoms with Gasteiger partial charge >= 0.3 is 0 Å². The second-order valence-electron chi connectivity index (χ2n) is 4.91. The number of nitrogens with zero attached hydrogens (tertiary/aromatic N) is 3. The average Bonchev–Trinajstić information content (AvgIpc) is 2.53. The zero-order valence-corrected chi connectivity index (χ0v) is 11.6. The maximum absolute atomic E-state index is 5.56. The highest BCUT2D eigenvalue weighted by molar-refractivity contribution is 5.70. The molecule has 1 aromatic heterocycles. The van der Waals surface area contributed by atoms with E-state index in [0.717, 1.165) is 37.2 Å². The van der Waals surface area contributed by atoms with Crippen LogP contribution in [-0.2, 0) is 12.8 Å². The Morgan fingerprint density at radius 2 is 2.15 bits per heavy atom. The monoisotopic (exact) mass is 269 g/mol. The lowest BCUT2D eigenvalue weighted by Gasteiger charge is -2.31. The number of fused-ring (bicyclic) bond motifs is 1. The number of hydrogen-bond acceptors (Lipinski definition) is 5. The number of benzene rings is 1. The number of hydrogen-bond donors (Lipinski definition) is 2. The highest BCUT2D eigenvalue weighted by Crippen LogP contribution is 2.35. The number of para-hydroxylation sites is 1. The summed E-state index contributed by atoms with van der Waals surface area (Å²) < 4.78 is 0. The molecule has 0 fully saturated rings. The third kappa shape index (κ3) is 2.10. The van der Waals surface area contributed by atoms with Gasteiger partial charge in [0, 0.05) is 17.8 Å². The third-order valence-electron chi connectivity index (χ3n) is 3.78. The molecule has 20 heavy (non-hydrogen) atoms. The topological polar surface area (TPSA) is 67.1 Å². The Morgan fingerprint density at radius 3 is 2.95 bits per heavy atom. The van der Waals surface area contributed by atoms with Gasteiger partial charge in [-0.25, -0.2) is 15.8 Å². The lowest BCUT2D eigenvalue weighted by atomic mass is 10.0. The minimum atomic E-state index is 0.709.